The van der Waals surface area contributed by atoms with Crippen molar-refractivity contribution in [2.24, 2.45) is 0 Å². The van der Waals surface area contributed by atoms with Gasteiger partial charge in [-0.25, -0.2) is 0 Å². The molecule has 3 aromatic rings. The van der Waals surface area contributed by atoms with Crippen LogP contribution < -0.4 is 25.2 Å². The number of thiazole rings is 2. The minimum absolute atomic E-state index is 0.0112. The third kappa shape index (κ3) is 6.22. The molecule has 0 unspecified atom stereocenters. The molecule has 2 aliphatic rings. The molecule has 46 heavy (non-hydrogen) atoms. The Kier molecular flexibility index (Phi) is 9.73. The molecule has 1 saturated heterocycles. The summed E-state index contributed by atoms with van der Waals surface area (Å²) in [5, 5.41) is 29.3. The van der Waals surface area contributed by atoms with Crippen LogP contribution in [0.1, 0.15) is 20.3 Å². The van der Waals surface area contributed by atoms with E-state index in [1.54, 1.807) is 0 Å². The Morgan fingerprint density at radius 2 is 1.46 bits per heavy atom. The van der Waals surface area contributed by atoms with E-state index >= 15 is 0 Å². The van der Waals surface area contributed by atoms with E-state index < -0.39 is 54.6 Å². The first-order valence-corrected chi connectivity index (χ1v) is 17.2. The Morgan fingerprint density at radius 1 is 0.826 bits per heavy atom. The molecule has 2 aromatic heterocycles. The molecule has 1 amide bonds. The number of allylic oxidation sites excluding steroid dienone is 1. The maximum Gasteiger partial charge on any atom is 0.323 e. The van der Waals surface area contributed by atoms with Crippen LogP contribution in [0.5, 0.6) is 0 Å². The number of thioether (sulfide) groups is 2. The van der Waals surface area contributed by atoms with E-state index in [0.29, 0.717) is 29.9 Å². The minimum atomic E-state index is -1.40. The fraction of sp³-hybridized carbons (Fsp3) is 0.250. The number of anilines is 1. The molecule has 0 atom stereocenters. The fourth-order valence-corrected chi connectivity index (χ4v) is 9.92. The van der Waals surface area contributed by atoms with Gasteiger partial charge in [-0.3, -0.25) is 42.8 Å². The van der Waals surface area contributed by atoms with Crippen molar-refractivity contribution in [3.05, 3.63) is 74.5 Å². The SMILES string of the molecule is CCC(C=C1Sc2ccccc2N1CC)=c1s/c(=c2/sc(=C3SC(=S)N(CC(=O)O)C3=O)n(CC(=O)O)c2=O)n(CC(=O)O)c1=O. The summed E-state index contributed by atoms with van der Waals surface area (Å²) >= 11 is 9.05. The van der Waals surface area contributed by atoms with Crippen molar-refractivity contribution in [2.75, 3.05) is 18.0 Å². The number of aromatic nitrogens is 2. The van der Waals surface area contributed by atoms with Gasteiger partial charge in [0.2, 0.25) is 0 Å². The van der Waals surface area contributed by atoms with Crippen molar-refractivity contribution < 1.29 is 34.5 Å². The van der Waals surface area contributed by atoms with Crippen molar-refractivity contribution in [3.63, 3.8) is 0 Å². The van der Waals surface area contributed by atoms with E-state index in [1.165, 1.54) is 11.8 Å². The predicted octanol–water partition coefficient (Wildman–Crippen LogP) is 1.68. The number of aliphatic carboxylic acids is 3. The van der Waals surface area contributed by atoms with Crippen molar-refractivity contribution in [3.8, 4) is 0 Å². The molecule has 5 rings (SSSR count). The van der Waals surface area contributed by atoms with Crippen molar-refractivity contribution >= 4 is 103 Å². The van der Waals surface area contributed by atoms with E-state index in [9.17, 15) is 44.1 Å². The van der Waals surface area contributed by atoms with E-state index in [2.05, 4.69) is 4.90 Å². The van der Waals surface area contributed by atoms with Crippen LogP contribution in [0.2, 0.25) is 0 Å². The van der Waals surface area contributed by atoms with Gasteiger partial charge in [0.15, 0.2) is 0 Å². The molecule has 1 fully saturated rings. The van der Waals surface area contributed by atoms with Gasteiger partial charge in [-0.1, -0.05) is 54.8 Å². The number of amides is 1. The Balaban J connectivity index is 1.85. The standard InChI is InChI=1S/C28H24N4O9S5/c1-3-13(9-16-29(4-2)14-7-5-6-8-15(14)43-16)20-23(39)30(10-17(33)34)26(44-20)21-24(40)31(11-18(35)36)27(45-21)22-25(41)32(12-19(37)38)28(42)46-22/h5-9H,3-4,10-12H2,1-2H3,(H,33,34)(H,35,36)(H,37,38)/b16-9?,20-13?,26-21+,27-22?. The van der Waals surface area contributed by atoms with E-state index in [0.717, 1.165) is 52.7 Å². The summed E-state index contributed by atoms with van der Waals surface area (Å²) in [6.45, 7) is 2.16. The van der Waals surface area contributed by atoms with Crippen LogP contribution in [0.15, 0.2) is 49.9 Å². The number of thiocarbonyl (C=S) groups is 1. The third-order valence-electron chi connectivity index (χ3n) is 6.81. The molecule has 13 nitrogen and oxygen atoms in total. The largest absolute Gasteiger partial charge is 0.480 e. The number of carboxylic acids is 3. The van der Waals surface area contributed by atoms with Crippen LogP contribution in [0, 0.1) is 9.20 Å². The Morgan fingerprint density at radius 3 is 2.07 bits per heavy atom. The summed E-state index contributed by atoms with van der Waals surface area (Å²) in [5.41, 5.74) is 0.150. The Labute approximate surface area is 280 Å². The quantitative estimate of drug-likeness (QED) is 0.272. The molecule has 0 bridgehead atoms. The maximum atomic E-state index is 13.8. The Hall–Kier alpha value is -3.97. The monoisotopic (exact) mass is 720 g/mol. The second-order valence-corrected chi connectivity index (χ2v) is 14.4. The zero-order chi connectivity index (χ0) is 33.4. The van der Waals surface area contributed by atoms with Gasteiger partial charge in [-0.05, 0) is 37.1 Å². The molecule has 2 aliphatic heterocycles. The molecule has 18 heteroatoms. The van der Waals surface area contributed by atoms with Crippen molar-refractivity contribution in [1.82, 2.24) is 14.0 Å². The van der Waals surface area contributed by atoms with Gasteiger partial charge in [0.25, 0.3) is 17.0 Å². The number of para-hydroxylation sites is 1. The van der Waals surface area contributed by atoms with Gasteiger partial charge >= 0.3 is 17.9 Å². The van der Waals surface area contributed by atoms with Crippen LogP contribution in [0.25, 0.3) is 10.5 Å². The van der Waals surface area contributed by atoms with Gasteiger partial charge in [-0.2, -0.15) is 0 Å². The first-order valence-electron chi connectivity index (χ1n) is 13.5. The van der Waals surface area contributed by atoms with E-state index in [-0.39, 0.29) is 27.6 Å². The first kappa shape index (κ1) is 33.4. The summed E-state index contributed by atoms with van der Waals surface area (Å²) in [5.74, 6) is -4.87. The molecule has 0 aliphatic carbocycles. The van der Waals surface area contributed by atoms with Gasteiger partial charge in [0, 0.05) is 11.4 Å². The summed E-state index contributed by atoms with van der Waals surface area (Å²) in [6.07, 6.45) is 2.28. The second kappa shape index (κ2) is 13.4. The van der Waals surface area contributed by atoms with E-state index in [1.807, 2.05) is 44.2 Å². The minimum Gasteiger partial charge on any atom is -0.480 e. The number of hydrogen-bond donors (Lipinski definition) is 3. The second-order valence-electron chi connectivity index (χ2n) is 9.70. The number of fused-ring (bicyclic) bond motifs is 1. The molecule has 0 radical (unpaired) electrons. The Bertz CT molecular complexity index is 2210. The number of carboxylic acid groups (broad SMARTS) is 3. The van der Waals surface area contributed by atoms with Crippen molar-refractivity contribution in [2.45, 2.75) is 38.3 Å². The molecular formula is C28H24N4O9S5. The molecule has 0 spiro atoms. The summed E-state index contributed by atoms with van der Waals surface area (Å²) < 4.78 is 1.67. The number of benzene rings is 1. The predicted molar refractivity (Wildman–Crippen MR) is 179 cm³/mol. The van der Waals surface area contributed by atoms with Crippen LogP contribution >= 0.6 is 58.4 Å². The zero-order valence-corrected chi connectivity index (χ0v) is 28.1. The average molecular weight is 721 g/mol. The van der Waals surface area contributed by atoms with Crippen LogP contribution in [-0.4, -0.2) is 70.6 Å². The lowest BCUT2D eigenvalue weighted by atomic mass is 10.2. The number of hydrogen-bond acceptors (Lipinski definition) is 12. The normalized spacial score (nSPS) is 18.0. The smallest absolute Gasteiger partial charge is 0.323 e. The highest BCUT2D eigenvalue weighted by atomic mass is 32.2. The van der Waals surface area contributed by atoms with E-state index in [4.69, 9.17) is 12.2 Å². The summed E-state index contributed by atoms with van der Waals surface area (Å²) in [7, 11) is 0. The number of rotatable bonds is 9. The number of carbonyl (C=O) groups excluding carboxylic acids is 1. The molecule has 3 N–H and O–H groups in total. The first-order chi connectivity index (χ1) is 21.9. The summed E-state index contributed by atoms with van der Waals surface area (Å²) in [4.78, 5) is 79.5. The highest BCUT2D eigenvalue weighted by Gasteiger charge is 2.35. The third-order valence-corrected chi connectivity index (χ3v) is 12.1. The highest BCUT2D eigenvalue weighted by Crippen LogP contribution is 2.46. The van der Waals surface area contributed by atoms with Crippen LogP contribution in [0.4, 0.5) is 5.69 Å². The highest BCUT2D eigenvalue weighted by molar-refractivity contribution is 8.30. The topological polar surface area (TPSA) is 179 Å². The van der Waals surface area contributed by atoms with Crippen molar-refractivity contribution in [1.29, 1.82) is 0 Å². The average Bonchev–Trinajstić information content (AvgIpc) is 3.69. The van der Waals surface area contributed by atoms with Crippen LogP contribution in [-0.2, 0) is 32.3 Å². The molecule has 0 saturated carbocycles. The molecular weight excluding hydrogens is 697 g/mol. The number of nitrogens with zero attached hydrogens (tertiary/aromatic N) is 4. The van der Waals surface area contributed by atoms with Gasteiger partial charge in [0.05, 0.1) is 15.2 Å². The van der Waals surface area contributed by atoms with Gasteiger partial charge < -0.3 is 20.2 Å². The summed E-state index contributed by atoms with van der Waals surface area (Å²) in [6, 6.07) is 7.86. The fourth-order valence-electron chi connectivity index (χ4n) is 4.82. The molecule has 240 valence electrons. The lowest BCUT2D eigenvalue weighted by Gasteiger charge is -2.18. The van der Waals surface area contributed by atoms with Crippen LogP contribution in [0.3, 0.4) is 0 Å². The molecule has 1 aromatic carbocycles. The maximum absolute atomic E-state index is 13.8. The number of carbonyl (C=O) groups is 4. The van der Waals surface area contributed by atoms with Gasteiger partial charge in [0.1, 0.15) is 42.7 Å². The zero-order valence-electron chi connectivity index (χ0n) is 24.0. The molecule has 4 heterocycles. The lowest BCUT2D eigenvalue weighted by molar-refractivity contribution is -0.140. The van der Waals surface area contributed by atoms with Gasteiger partial charge in [-0.15, -0.1) is 22.7 Å². The lowest BCUT2D eigenvalue weighted by Crippen LogP contribution is -2.35.